The Morgan fingerprint density at radius 1 is 1.56 bits per heavy atom. The second-order valence-electron chi connectivity index (χ2n) is 4.72. The molecule has 0 aromatic carbocycles. The predicted molar refractivity (Wildman–Crippen MR) is 78.0 cm³/mol. The maximum absolute atomic E-state index is 11.5. The van der Waals surface area contributed by atoms with E-state index < -0.39 is 0 Å². The van der Waals surface area contributed by atoms with Crippen LogP contribution in [0.3, 0.4) is 0 Å². The van der Waals surface area contributed by atoms with Crippen molar-refractivity contribution in [2.45, 2.75) is 38.6 Å². The molecule has 5 heteroatoms. The predicted octanol–water partition coefficient (Wildman–Crippen LogP) is 3.21. The van der Waals surface area contributed by atoms with Crippen molar-refractivity contribution in [1.29, 1.82) is 0 Å². The van der Waals surface area contributed by atoms with Crippen molar-refractivity contribution in [3.63, 3.8) is 0 Å². The van der Waals surface area contributed by atoms with E-state index in [2.05, 4.69) is 33.3 Å². The topological polar surface area (TPSA) is 51.5 Å². The molecular weight excluding hydrogens is 345 g/mol. The molecule has 0 radical (unpaired) electrons. The zero-order chi connectivity index (χ0) is 13.0. The van der Waals surface area contributed by atoms with Crippen molar-refractivity contribution in [3.05, 3.63) is 28.3 Å². The van der Waals surface area contributed by atoms with Gasteiger partial charge < -0.3 is 9.15 Å². The van der Waals surface area contributed by atoms with Gasteiger partial charge in [0.05, 0.1) is 18.7 Å². The molecule has 0 bridgehead atoms. The SMILES string of the molecule is CCC[C@@H](NI)c1cc(OCC2CC2)cc(=O)o1. The number of ether oxygens (including phenoxy) is 1. The lowest BCUT2D eigenvalue weighted by Gasteiger charge is -2.13. The summed E-state index contributed by atoms with van der Waals surface area (Å²) in [4.78, 5) is 11.5. The molecule has 4 nitrogen and oxygen atoms in total. The zero-order valence-electron chi connectivity index (χ0n) is 10.4. The smallest absolute Gasteiger partial charge is 0.339 e. The highest BCUT2D eigenvalue weighted by atomic mass is 127. The number of nitrogens with one attached hydrogen (secondary N) is 1. The summed E-state index contributed by atoms with van der Waals surface area (Å²) in [5.74, 6) is 1.96. The third-order valence-corrected chi connectivity index (χ3v) is 3.75. The summed E-state index contributed by atoms with van der Waals surface area (Å²) in [7, 11) is 0. The Kier molecular flexibility index (Phi) is 5.05. The molecule has 1 aromatic rings. The quantitative estimate of drug-likeness (QED) is 0.597. The lowest BCUT2D eigenvalue weighted by atomic mass is 10.1. The number of hydrogen-bond donors (Lipinski definition) is 1. The van der Waals surface area contributed by atoms with Crippen LogP contribution in [-0.2, 0) is 0 Å². The minimum atomic E-state index is -0.342. The zero-order valence-corrected chi connectivity index (χ0v) is 12.6. The van der Waals surface area contributed by atoms with Gasteiger partial charge in [-0.15, -0.1) is 0 Å². The van der Waals surface area contributed by atoms with E-state index in [4.69, 9.17) is 9.15 Å². The Morgan fingerprint density at radius 3 is 2.94 bits per heavy atom. The van der Waals surface area contributed by atoms with Crippen LogP contribution in [0.25, 0.3) is 0 Å². The molecule has 100 valence electrons. The summed E-state index contributed by atoms with van der Waals surface area (Å²) in [6.45, 7) is 2.81. The van der Waals surface area contributed by atoms with Gasteiger partial charge in [-0.25, -0.2) is 4.79 Å². The molecule has 1 aromatic heterocycles. The highest BCUT2D eigenvalue weighted by molar-refractivity contribution is 14.1. The lowest BCUT2D eigenvalue weighted by molar-refractivity contribution is 0.291. The van der Waals surface area contributed by atoms with Crippen LogP contribution in [0.1, 0.15) is 44.4 Å². The highest BCUT2D eigenvalue weighted by Gasteiger charge is 2.22. The highest BCUT2D eigenvalue weighted by Crippen LogP contribution is 2.30. The second kappa shape index (κ2) is 6.56. The van der Waals surface area contributed by atoms with Gasteiger partial charge >= 0.3 is 5.63 Å². The number of rotatable bonds is 7. The van der Waals surface area contributed by atoms with Gasteiger partial charge in [-0.3, -0.25) is 3.53 Å². The first kappa shape index (κ1) is 13.9. The van der Waals surface area contributed by atoms with E-state index in [-0.39, 0.29) is 11.7 Å². The second-order valence-corrected chi connectivity index (χ2v) is 5.34. The molecule has 1 aliphatic carbocycles. The molecule has 2 rings (SSSR count). The van der Waals surface area contributed by atoms with Crippen LogP contribution in [0.4, 0.5) is 0 Å². The van der Waals surface area contributed by atoms with E-state index in [9.17, 15) is 4.79 Å². The largest absolute Gasteiger partial charge is 0.493 e. The standard InChI is InChI=1S/C13H18INO3/c1-2-3-11(15-14)12-6-10(7-13(16)18-12)17-8-9-4-5-9/h6-7,9,11,15H,2-5,8H2,1H3/t11-/m1/s1. The van der Waals surface area contributed by atoms with Crippen LogP contribution >= 0.6 is 22.9 Å². The normalized spacial score (nSPS) is 16.6. The number of hydrogen-bond acceptors (Lipinski definition) is 4. The van der Waals surface area contributed by atoms with Crippen molar-refractivity contribution in [2.24, 2.45) is 5.92 Å². The average molecular weight is 363 g/mol. The summed E-state index contributed by atoms with van der Waals surface area (Å²) in [5.41, 5.74) is -0.342. The lowest BCUT2D eigenvalue weighted by Crippen LogP contribution is -2.14. The van der Waals surface area contributed by atoms with Gasteiger partial charge in [0, 0.05) is 28.9 Å². The van der Waals surface area contributed by atoms with Crippen LogP contribution in [0.15, 0.2) is 21.3 Å². The van der Waals surface area contributed by atoms with E-state index in [0.29, 0.717) is 24.0 Å². The molecule has 0 spiro atoms. The van der Waals surface area contributed by atoms with Crippen LogP contribution in [-0.4, -0.2) is 6.61 Å². The summed E-state index contributed by atoms with van der Waals surface area (Å²) >= 11 is 2.09. The Hall–Kier alpha value is -0.560. The van der Waals surface area contributed by atoms with Crippen LogP contribution in [0.5, 0.6) is 5.75 Å². The molecule has 0 unspecified atom stereocenters. The third kappa shape index (κ3) is 3.98. The van der Waals surface area contributed by atoms with Crippen molar-refractivity contribution in [1.82, 2.24) is 3.53 Å². The van der Waals surface area contributed by atoms with Crippen molar-refractivity contribution in [2.75, 3.05) is 6.61 Å². The average Bonchev–Trinajstić information content (AvgIpc) is 3.16. The van der Waals surface area contributed by atoms with Crippen LogP contribution in [0.2, 0.25) is 0 Å². The first-order valence-electron chi connectivity index (χ1n) is 6.37. The molecule has 1 N–H and O–H groups in total. The molecule has 0 saturated heterocycles. The Labute approximate surface area is 121 Å². The fraction of sp³-hybridized carbons (Fsp3) is 0.615. The molecular formula is C13H18INO3. The van der Waals surface area contributed by atoms with Crippen molar-refractivity contribution in [3.8, 4) is 5.75 Å². The molecule has 1 heterocycles. The first-order chi connectivity index (χ1) is 8.72. The summed E-state index contributed by atoms with van der Waals surface area (Å²) in [6, 6.07) is 3.31. The molecule has 1 aliphatic rings. The van der Waals surface area contributed by atoms with Gasteiger partial charge in [0.25, 0.3) is 0 Å². The van der Waals surface area contributed by atoms with E-state index in [0.717, 1.165) is 12.8 Å². The minimum absolute atomic E-state index is 0.0628. The van der Waals surface area contributed by atoms with Gasteiger partial charge in [0.2, 0.25) is 0 Å². The molecule has 18 heavy (non-hydrogen) atoms. The van der Waals surface area contributed by atoms with Gasteiger partial charge in [-0.2, -0.15) is 0 Å². The Balaban J connectivity index is 2.10. The fourth-order valence-electron chi connectivity index (χ4n) is 1.77. The monoisotopic (exact) mass is 363 g/mol. The summed E-state index contributed by atoms with van der Waals surface area (Å²) < 4.78 is 14.0. The molecule has 1 fully saturated rings. The Morgan fingerprint density at radius 2 is 2.33 bits per heavy atom. The Bertz CT molecular complexity index is 442. The van der Waals surface area contributed by atoms with Gasteiger partial charge in [0.15, 0.2) is 0 Å². The van der Waals surface area contributed by atoms with E-state index in [1.165, 1.54) is 18.9 Å². The first-order valence-corrected chi connectivity index (χ1v) is 7.45. The molecule has 1 atom stereocenters. The molecule has 1 saturated carbocycles. The summed E-state index contributed by atoms with van der Waals surface area (Å²) in [6.07, 6.45) is 4.43. The minimum Gasteiger partial charge on any atom is -0.493 e. The van der Waals surface area contributed by atoms with E-state index >= 15 is 0 Å². The molecule has 0 aliphatic heterocycles. The van der Waals surface area contributed by atoms with Crippen LogP contribution in [0, 0.1) is 5.92 Å². The van der Waals surface area contributed by atoms with Gasteiger partial charge in [0.1, 0.15) is 11.5 Å². The molecule has 0 amide bonds. The van der Waals surface area contributed by atoms with E-state index in [1.54, 1.807) is 0 Å². The van der Waals surface area contributed by atoms with Gasteiger partial charge in [-0.1, -0.05) is 13.3 Å². The summed E-state index contributed by atoms with van der Waals surface area (Å²) in [5, 5.41) is 0. The fourth-order valence-corrected chi connectivity index (χ4v) is 2.38. The maximum Gasteiger partial charge on any atom is 0.339 e. The third-order valence-electron chi connectivity index (χ3n) is 3.00. The van der Waals surface area contributed by atoms with Gasteiger partial charge in [-0.05, 0) is 25.2 Å². The van der Waals surface area contributed by atoms with Crippen molar-refractivity contribution >= 4 is 22.9 Å². The van der Waals surface area contributed by atoms with Crippen molar-refractivity contribution < 1.29 is 9.15 Å². The van der Waals surface area contributed by atoms with Crippen LogP contribution < -0.4 is 13.9 Å². The maximum atomic E-state index is 11.5. The van der Waals surface area contributed by atoms with E-state index in [1.807, 2.05) is 6.07 Å². The number of halogens is 1.